The number of benzene rings is 2. The molecule has 1 heterocycles. The van der Waals surface area contributed by atoms with Gasteiger partial charge in [0.25, 0.3) is 0 Å². The number of para-hydroxylation sites is 2. The van der Waals surface area contributed by atoms with Gasteiger partial charge in [0.15, 0.2) is 5.11 Å². The second-order valence-electron chi connectivity index (χ2n) is 9.77. The molecular formula is C27H36N6S. The minimum Gasteiger partial charge on any atom is -0.362 e. The van der Waals surface area contributed by atoms with Crippen LogP contribution >= 0.6 is 12.2 Å². The molecule has 6 nitrogen and oxygen atoms in total. The monoisotopic (exact) mass is 476 g/mol. The summed E-state index contributed by atoms with van der Waals surface area (Å²) in [4.78, 5) is 11.6. The van der Waals surface area contributed by atoms with Gasteiger partial charge >= 0.3 is 0 Å². The van der Waals surface area contributed by atoms with E-state index in [2.05, 4.69) is 61.0 Å². The fourth-order valence-electron chi connectivity index (χ4n) is 4.71. The second-order valence-corrected chi connectivity index (χ2v) is 10.2. The van der Waals surface area contributed by atoms with Crippen LogP contribution in [0.3, 0.4) is 0 Å². The highest BCUT2D eigenvalue weighted by Crippen LogP contribution is 2.28. The topological polar surface area (TPSA) is 65.1 Å². The predicted molar refractivity (Wildman–Crippen MR) is 148 cm³/mol. The number of anilines is 3. The van der Waals surface area contributed by atoms with Gasteiger partial charge < -0.3 is 20.9 Å². The molecule has 0 saturated heterocycles. The molecule has 1 saturated carbocycles. The SMILES string of the molecule is Cc1cccc(C(C)C)c1NC(=S)NC1CCC(Nc2nc(N(C)C)c3ccccc3n2)CC1. The molecule has 1 aromatic heterocycles. The number of hydrogen-bond acceptors (Lipinski definition) is 5. The van der Waals surface area contributed by atoms with Gasteiger partial charge in [0.1, 0.15) is 5.82 Å². The summed E-state index contributed by atoms with van der Waals surface area (Å²) in [5.74, 6) is 2.09. The van der Waals surface area contributed by atoms with Gasteiger partial charge in [0.05, 0.1) is 5.52 Å². The van der Waals surface area contributed by atoms with Crippen molar-refractivity contribution in [3.63, 3.8) is 0 Å². The van der Waals surface area contributed by atoms with Gasteiger partial charge in [-0.2, -0.15) is 4.98 Å². The fourth-order valence-corrected chi connectivity index (χ4v) is 4.98. The van der Waals surface area contributed by atoms with Crippen molar-refractivity contribution < 1.29 is 0 Å². The van der Waals surface area contributed by atoms with Crippen LogP contribution in [0.4, 0.5) is 17.5 Å². The Morgan fingerprint density at radius 1 is 0.971 bits per heavy atom. The molecule has 0 atom stereocenters. The van der Waals surface area contributed by atoms with Crippen molar-refractivity contribution in [2.24, 2.45) is 0 Å². The fraction of sp³-hybridized carbons (Fsp3) is 0.444. The standard InChI is InChI=1S/C27H36N6S/c1-17(2)21-11-8-9-18(3)24(21)31-27(34)29-20-15-13-19(14-16-20)28-26-30-23-12-7-6-10-22(23)25(32-26)33(4)5/h6-12,17,19-20H,13-16H2,1-5H3,(H,28,30,32)(H2,29,31,34). The van der Waals surface area contributed by atoms with Crippen LogP contribution in [0, 0.1) is 6.92 Å². The number of nitrogens with zero attached hydrogens (tertiary/aromatic N) is 3. The van der Waals surface area contributed by atoms with Gasteiger partial charge in [-0.15, -0.1) is 0 Å². The summed E-state index contributed by atoms with van der Waals surface area (Å²) in [5.41, 5.74) is 4.61. The Labute approximate surface area is 208 Å². The zero-order chi connectivity index (χ0) is 24.2. The maximum Gasteiger partial charge on any atom is 0.225 e. The first-order chi connectivity index (χ1) is 16.3. The van der Waals surface area contributed by atoms with Gasteiger partial charge in [-0.1, -0.05) is 44.2 Å². The first kappa shape index (κ1) is 24.2. The Bertz CT molecular complexity index is 1150. The molecule has 4 rings (SSSR count). The third-order valence-corrected chi connectivity index (χ3v) is 6.79. The Kier molecular flexibility index (Phi) is 7.51. The Morgan fingerprint density at radius 2 is 1.68 bits per heavy atom. The van der Waals surface area contributed by atoms with Crippen molar-refractivity contribution in [1.29, 1.82) is 0 Å². The molecule has 1 aliphatic rings. The molecule has 3 aromatic rings. The van der Waals surface area contributed by atoms with Gasteiger partial charge in [0, 0.05) is 37.3 Å². The number of rotatable bonds is 6. The lowest BCUT2D eigenvalue weighted by atomic mass is 9.91. The molecular weight excluding hydrogens is 440 g/mol. The van der Waals surface area contributed by atoms with Gasteiger partial charge in [0.2, 0.25) is 5.95 Å². The highest BCUT2D eigenvalue weighted by molar-refractivity contribution is 7.80. The normalized spacial score (nSPS) is 18.1. The van der Waals surface area contributed by atoms with Crippen LogP contribution in [-0.4, -0.2) is 41.3 Å². The molecule has 0 radical (unpaired) electrons. The Morgan fingerprint density at radius 3 is 2.38 bits per heavy atom. The molecule has 7 heteroatoms. The Hall–Kier alpha value is -2.93. The van der Waals surface area contributed by atoms with Crippen LogP contribution in [0.5, 0.6) is 0 Å². The minimum atomic E-state index is 0.361. The van der Waals surface area contributed by atoms with E-state index in [1.54, 1.807) is 0 Å². The number of aryl methyl sites for hydroxylation is 1. The van der Waals surface area contributed by atoms with Crippen LogP contribution in [-0.2, 0) is 0 Å². The van der Waals surface area contributed by atoms with Crippen LogP contribution in [0.25, 0.3) is 10.9 Å². The van der Waals surface area contributed by atoms with E-state index in [9.17, 15) is 0 Å². The van der Waals surface area contributed by atoms with Crippen LogP contribution < -0.4 is 20.9 Å². The Balaban J connectivity index is 1.34. The van der Waals surface area contributed by atoms with E-state index in [1.807, 2.05) is 37.2 Å². The molecule has 0 aliphatic heterocycles. The minimum absolute atomic E-state index is 0.361. The van der Waals surface area contributed by atoms with E-state index in [0.29, 0.717) is 29.1 Å². The molecule has 1 aliphatic carbocycles. The van der Waals surface area contributed by atoms with Gasteiger partial charge in [-0.25, -0.2) is 4.98 Å². The summed E-state index contributed by atoms with van der Waals surface area (Å²) in [7, 11) is 4.04. The smallest absolute Gasteiger partial charge is 0.225 e. The molecule has 0 amide bonds. The van der Waals surface area contributed by atoms with E-state index in [-0.39, 0.29) is 0 Å². The third kappa shape index (κ3) is 5.58. The third-order valence-electron chi connectivity index (χ3n) is 6.57. The largest absolute Gasteiger partial charge is 0.362 e. The number of nitrogens with one attached hydrogen (secondary N) is 3. The summed E-state index contributed by atoms with van der Waals surface area (Å²) in [6, 6.07) is 15.3. The van der Waals surface area contributed by atoms with Crippen molar-refractivity contribution in [3.8, 4) is 0 Å². The maximum atomic E-state index is 5.68. The molecule has 3 N–H and O–H groups in total. The summed E-state index contributed by atoms with van der Waals surface area (Å²) in [6.45, 7) is 6.56. The quantitative estimate of drug-likeness (QED) is 0.386. The zero-order valence-electron chi connectivity index (χ0n) is 20.9. The predicted octanol–water partition coefficient (Wildman–Crippen LogP) is 5.84. The highest BCUT2D eigenvalue weighted by atomic mass is 32.1. The van der Waals surface area contributed by atoms with Crippen molar-refractivity contribution in [2.45, 2.75) is 64.5 Å². The van der Waals surface area contributed by atoms with Gasteiger partial charge in [-0.05, 0) is 74.0 Å². The van der Waals surface area contributed by atoms with E-state index in [0.717, 1.165) is 48.1 Å². The average molecular weight is 477 g/mol. The lowest BCUT2D eigenvalue weighted by Gasteiger charge is -2.31. The van der Waals surface area contributed by atoms with E-state index >= 15 is 0 Å². The highest BCUT2D eigenvalue weighted by Gasteiger charge is 2.23. The summed E-state index contributed by atoms with van der Waals surface area (Å²) >= 11 is 5.68. The van der Waals surface area contributed by atoms with Crippen molar-refractivity contribution in [2.75, 3.05) is 29.6 Å². The van der Waals surface area contributed by atoms with Crippen molar-refractivity contribution in [1.82, 2.24) is 15.3 Å². The number of fused-ring (bicyclic) bond motifs is 1. The number of aromatic nitrogens is 2. The second kappa shape index (κ2) is 10.6. The summed E-state index contributed by atoms with van der Waals surface area (Å²) in [5, 5.41) is 12.4. The summed E-state index contributed by atoms with van der Waals surface area (Å²) < 4.78 is 0. The maximum absolute atomic E-state index is 5.68. The van der Waals surface area contributed by atoms with Crippen LogP contribution in [0.1, 0.15) is 56.6 Å². The molecule has 180 valence electrons. The van der Waals surface area contributed by atoms with E-state index < -0.39 is 0 Å². The lowest BCUT2D eigenvalue weighted by Crippen LogP contribution is -2.42. The van der Waals surface area contributed by atoms with E-state index in [4.69, 9.17) is 22.2 Å². The summed E-state index contributed by atoms with van der Waals surface area (Å²) in [6.07, 6.45) is 4.21. The van der Waals surface area contributed by atoms with Crippen LogP contribution in [0.2, 0.25) is 0 Å². The molecule has 2 aromatic carbocycles. The first-order valence-electron chi connectivity index (χ1n) is 12.2. The molecule has 0 spiro atoms. The first-order valence-corrected chi connectivity index (χ1v) is 12.6. The van der Waals surface area contributed by atoms with Gasteiger partial charge in [-0.3, -0.25) is 0 Å². The molecule has 0 unspecified atom stereocenters. The van der Waals surface area contributed by atoms with E-state index in [1.165, 1.54) is 11.1 Å². The van der Waals surface area contributed by atoms with Crippen LogP contribution in [0.15, 0.2) is 42.5 Å². The van der Waals surface area contributed by atoms with Crippen molar-refractivity contribution in [3.05, 3.63) is 53.6 Å². The number of hydrogen-bond donors (Lipinski definition) is 3. The molecule has 1 fully saturated rings. The van der Waals surface area contributed by atoms with Crippen molar-refractivity contribution >= 4 is 45.7 Å². The molecule has 34 heavy (non-hydrogen) atoms. The molecule has 0 bridgehead atoms. The lowest BCUT2D eigenvalue weighted by molar-refractivity contribution is 0.387. The average Bonchev–Trinajstić information content (AvgIpc) is 2.81. The number of thiocarbonyl (C=S) groups is 1. The zero-order valence-corrected chi connectivity index (χ0v) is 21.7.